The predicted octanol–water partition coefficient (Wildman–Crippen LogP) is 1.84. The number of rotatable bonds is 2. The number of imidazole rings is 1. The summed E-state index contributed by atoms with van der Waals surface area (Å²) >= 11 is 0. The van der Waals surface area contributed by atoms with Crippen molar-refractivity contribution >= 4 is 0 Å². The lowest BCUT2D eigenvalue weighted by Crippen LogP contribution is -2.26. The number of H-pyrrole nitrogens is 2. The van der Waals surface area contributed by atoms with Crippen LogP contribution in [0.25, 0.3) is 11.3 Å². The molecule has 0 unspecified atom stereocenters. The summed E-state index contributed by atoms with van der Waals surface area (Å²) in [5.74, 6) is 0.636. The van der Waals surface area contributed by atoms with Gasteiger partial charge in [0.1, 0.15) is 0 Å². The van der Waals surface area contributed by atoms with E-state index in [1.54, 1.807) is 6.20 Å². The molecule has 4 nitrogen and oxygen atoms in total. The van der Waals surface area contributed by atoms with Gasteiger partial charge in [0, 0.05) is 6.20 Å². The van der Waals surface area contributed by atoms with Crippen molar-refractivity contribution in [3.63, 3.8) is 0 Å². The molecule has 2 heterocycles. The van der Waals surface area contributed by atoms with E-state index in [-0.39, 0.29) is 5.69 Å². The van der Waals surface area contributed by atoms with Crippen molar-refractivity contribution in [1.29, 1.82) is 0 Å². The zero-order valence-electron chi connectivity index (χ0n) is 10.2. The summed E-state index contributed by atoms with van der Waals surface area (Å²) in [7, 11) is 0. The number of aromatic nitrogens is 2. The summed E-state index contributed by atoms with van der Waals surface area (Å²) < 4.78 is 0. The Bertz CT molecular complexity index is 578. The fourth-order valence-corrected chi connectivity index (χ4v) is 2.60. The number of hydrogen-bond acceptors (Lipinski definition) is 2. The molecule has 1 aromatic heterocycles. The van der Waals surface area contributed by atoms with Crippen LogP contribution in [0.3, 0.4) is 0 Å². The second kappa shape index (κ2) is 4.82. The van der Waals surface area contributed by atoms with E-state index < -0.39 is 0 Å². The Kier molecular flexibility index (Phi) is 3.02. The van der Waals surface area contributed by atoms with Crippen LogP contribution < -0.4 is 11.0 Å². The van der Waals surface area contributed by atoms with Crippen LogP contribution in [0, 0.1) is 0 Å². The van der Waals surface area contributed by atoms with Gasteiger partial charge in [-0.2, -0.15) is 0 Å². The quantitative estimate of drug-likeness (QED) is 0.753. The first-order valence-electron chi connectivity index (χ1n) is 6.42. The second-order valence-electron chi connectivity index (χ2n) is 4.81. The predicted molar refractivity (Wildman–Crippen MR) is 71.7 cm³/mol. The maximum atomic E-state index is 11.1. The number of aromatic amines is 2. The molecular formula is C14H17N3O. The molecule has 0 amide bonds. The smallest absolute Gasteiger partial charge is 0.317 e. The van der Waals surface area contributed by atoms with Crippen LogP contribution in [-0.2, 0) is 0 Å². The molecule has 1 aliphatic rings. The van der Waals surface area contributed by atoms with Crippen LogP contribution in [0.5, 0.6) is 0 Å². The van der Waals surface area contributed by atoms with E-state index >= 15 is 0 Å². The van der Waals surface area contributed by atoms with Crippen molar-refractivity contribution < 1.29 is 0 Å². The Morgan fingerprint density at radius 2 is 2.00 bits per heavy atom. The van der Waals surface area contributed by atoms with E-state index in [1.165, 1.54) is 18.4 Å². The lowest BCUT2D eigenvalue weighted by Gasteiger charge is -2.23. The van der Waals surface area contributed by atoms with Gasteiger partial charge in [-0.15, -0.1) is 0 Å². The number of hydrogen-bond donors (Lipinski definition) is 3. The van der Waals surface area contributed by atoms with E-state index in [4.69, 9.17) is 0 Å². The van der Waals surface area contributed by atoms with Gasteiger partial charge in [-0.3, -0.25) is 0 Å². The molecule has 0 atom stereocenters. The largest absolute Gasteiger partial charge is 0.323 e. The van der Waals surface area contributed by atoms with E-state index in [9.17, 15) is 4.79 Å². The standard InChI is InChI=1S/C14H17N3O/c18-14-16-9-13(17-14)12-3-1-2-11(8-12)10-4-6-15-7-5-10/h1-3,8-10,15H,4-7H2,(H2,16,17,18). The Balaban J connectivity index is 1.91. The minimum Gasteiger partial charge on any atom is -0.317 e. The molecule has 3 rings (SSSR count). The third kappa shape index (κ3) is 2.24. The summed E-state index contributed by atoms with van der Waals surface area (Å²) in [5, 5.41) is 3.38. The van der Waals surface area contributed by atoms with Crippen LogP contribution in [0.15, 0.2) is 35.3 Å². The minimum atomic E-state index is -0.155. The summed E-state index contributed by atoms with van der Waals surface area (Å²) in [5.41, 5.74) is 3.15. The van der Waals surface area contributed by atoms with Crippen LogP contribution in [-0.4, -0.2) is 23.1 Å². The van der Waals surface area contributed by atoms with Crippen LogP contribution in [0.1, 0.15) is 24.3 Å². The molecule has 1 aliphatic heterocycles. The average molecular weight is 243 g/mol. The molecule has 2 aromatic rings. The average Bonchev–Trinajstić information content (AvgIpc) is 2.87. The van der Waals surface area contributed by atoms with E-state index in [2.05, 4.69) is 33.5 Å². The zero-order chi connectivity index (χ0) is 12.4. The fourth-order valence-electron chi connectivity index (χ4n) is 2.60. The van der Waals surface area contributed by atoms with Gasteiger partial charge in [0.2, 0.25) is 0 Å². The molecule has 0 spiro atoms. The van der Waals surface area contributed by atoms with Crippen LogP contribution >= 0.6 is 0 Å². The van der Waals surface area contributed by atoms with Gasteiger partial charge in [0.25, 0.3) is 0 Å². The summed E-state index contributed by atoms with van der Waals surface area (Å²) in [6, 6.07) is 8.47. The maximum Gasteiger partial charge on any atom is 0.323 e. The number of benzene rings is 1. The molecule has 0 saturated carbocycles. The first-order chi connectivity index (χ1) is 8.83. The van der Waals surface area contributed by atoms with Crippen molar-refractivity contribution in [1.82, 2.24) is 15.3 Å². The highest BCUT2D eigenvalue weighted by Crippen LogP contribution is 2.28. The highest BCUT2D eigenvalue weighted by atomic mass is 16.1. The van der Waals surface area contributed by atoms with E-state index in [0.717, 1.165) is 24.3 Å². The fraction of sp³-hybridized carbons (Fsp3) is 0.357. The minimum absolute atomic E-state index is 0.155. The summed E-state index contributed by atoms with van der Waals surface area (Å²) in [6.07, 6.45) is 4.10. The van der Waals surface area contributed by atoms with Crippen molar-refractivity contribution in [2.75, 3.05) is 13.1 Å². The zero-order valence-corrected chi connectivity index (χ0v) is 10.2. The van der Waals surface area contributed by atoms with E-state index in [1.807, 2.05) is 6.07 Å². The van der Waals surface area contributed by atoms with E-state index in [0.29, 0.717) is 5.92 Å². The van der Waals surface area contributed by atoms with Crippen molar-refractivity contribution in [2.45, 2.75) is 18.8 Å². The normalized spacial score (nSPS) is 16.9. The van der Waals surface area contributed by atoms with Gasteiger partial charge >= 0.3 is 5.69 Å². The molecule has 4 heteroatoms. The number of piperidine rings is 1. The van der Waals surface area contributed by atoms with Gasteiger partial charge in [0.15, 0.2) is 0 Å². The third-order valence-corrected chi connectivity index (χ3v) is 3.60. The summed E-state index contributed by atoms with van der Waals surface area (Å²) in [4.78, 5) is 16.6. The van der Waals surface area contributed by atoms with Crippen LogP contribution in [0.4, 0.5) is 0 Å². The Labute approximate surface area is 105 Å². The van der Waals surface area contributed by atoms with Crippen molar-refractivity contribution in [3.05, 3.63) is 46.5 Å². The lowest BCUT2D eigenvalue weighted by atomic mass is 9.89. The molecule has 0 bridgehead atoms. The van der Waals surface area contributed by atoms with Crippen molar-refractivity contribution in [3.8, 4) is 11.3 Å². The molecule has 3 N–H and O–H groups in total. The Hall–Kier alpha value is -1.81. The van der Waals surface area contributed by atoms with Crippen LogP contribution in [0.2, 0.25) is 0 Å². The monoisotopic (exact) mass is 243 g/mol. The lowest BCUT2D eigenvalue weighted by molar-refractivity contribution is 0.460. The Morgan fingerprint density at radius 3 is 2.72 bits per heavy atom. The highest BCUT2D eigenvalue weighted by molar-refractivity contribution is 5.59. The number of nitrogens with one attached hydrogen (secondary N) is 3. The van der Waals surface area contributed by atoms with Gasteiger partial charge < -0.3 is 15.3 Å². The molecule has 1 aromatic carbocycles. The first kappa shape index (κ1) is 11.3. The molecular weight excluding hydrogens is 226 g/mol. The Morgan fingerprint density at radius 1 is 1.17 bits per heavy atom. The molecule has 0 radical (unpaired) electrons. The SMILES string of the molecule is O=c1[nH]cc(-c2cccc(C3CCNCC3)c2)[nH]1. The van der Waals surface area contributed by atoms with Gasteiger partial charge in [0.05, 0.1) is 5.69 Å². The topological polar surface area (TPSA) is 60.7 Å². The maximum absolute atomic E-state index is 11.1. The molecule has 18 heavy (non-hydrogen) atoms. The third-order valence-electron chi connectivity index (χ3n) is 3.60. The van der Waals surface area contributed by atoms with Crippen molar-refractivity contribution in [2.24, 2.45) is 0 Å². The molecule has 1 saturated heterocycles. The van der Waals surface area contributed by atoms with Gasteiger partial charge in [-0.05, 0) is 49.0 Å². The highest BCUT2D eigenvalue weighted by Gasteiger charge is 2.15. The molecule has 0 aliphatic carbocycles. The molecule has 1 fully saturated rings. The van der Waals surface area contributed by atoms with Gasteiger partial charge in [-0.25, -0.2) is 4.79 Å². The first-order valence-corrected chi connectivity index (χ1v) is 6.42. The molecule has 94 valence electrons. The second-order valence-corrected chi connectivity index (χ2v) is 4.81. The van der Waals surface area contributed by atoms with Gasteiger partial charge in [-0.1, -0.05) is 18.2 Å². The summed E-state index contributed by atoms with van der Waals surface area (Å²) in [6.45, 7) is 2.19.